The highest BCUT2D eigenvalue weighted by molar-refractivity contribution is 5.96. The smallest absolute Gasteiger partial charge is 0.326 e. The first-order valence-corrected chi connectivity index (χ1v) is 9.83. The quantitative estimate of drug-likeness (QED) is 0.177. The summed E-state index contributed by atoms with van der Waals surface area (Å²) >= 11 is 0. The van der Waals surface area contributed by atoms with E-state index in [-0.39, 0.29) is 19.4 Å². The van der Waals surface area contributed by atoms with E-state index in [2.05, 4.69) is 20.6 Å². The van der Waals surface area contributed by atoms with Gasteiger partial charge in [-0.05, 0) is 12.8 Å². The van der Waals surface area contributed by atoms with Crippen molar-refractivity contribution in [3.05, 3.63) is 18.2 Å². The molecule has 14 heteroatoms. The van der Waals surface area contributed by atoms with Gasteiger partial charge in [0.1, 0.15) is 24.2 Å². The number of carbonyl (C=O) groups excluding carboxylic acids is 3. The summed E-state index contributed by atoms with van der Waals surface area (Å²) in [5.41, 5.74) is 5.89. The van der Waals surface area contributed by atoms with Crippen molar-refractivity contribution in [2.24, 2.45) is 5.73 Å². The maximum absolute atomic E-state index is 13.0. The highest BCUT2D eigenvalue weighted by Crippen LogP contribution is 2.20. The Labute approximate surface area is 182 Å². The number of aromatic nitrogens is 2. The minimum absolute atomic E-state index is 0.0571. The molecule has 3 amide bonds. The number of hydrogen-bond donors (Lipinski definition) is 7. The van der Waals surface area contributed by atoms with Crippen LogP contribution >= 0.6 is 0 Å². The number of amides is 3. The molecule has 1 aliphatic heterocycles. The number of likely N-dealkylation sites (tertiary alicyclic amines) is 1. The lowest BCUT2D eigenvalue weighted by molar-refractivity contribution is -0.147. The third-order valence-corrected chi connectivity index (χ3v) is 4.96. The molecule has 1 aliphatic rings. The second kappa shape index (κ2) is 11.2. The molecule has 8 N–H and O–H groups in total. The maximum atomic E-state index is 13.0. The van der Waals surface area contributed by atoms with Gasteiger partial charge in [0, 0.05) is 24.9 Å². The molecule has 1 aromatic heterocycles. The standard InChI is InChI=1S/C18H26N6O8/c19-10(7-25)15(28)22-11(5-14(26)27)17(30)24-3-1-2-13(24)16(29)23-12(18(31)32)4-9-6-20-8-21-9/h6,8,10-13,25H,1-5,7,19H2,(H,20,21)(H,22,28)(H,23,29)(H,26,27)(H,31,32). The Morgan fingerprint density at radius 1 is 1.22 bits per heavy atom. The zero-order chi connectivity index (χ0) is 23.8. The minimum Gasteiger partial charge on any atom is -0.481 e. The molecule has 1 aromatic rings. The van der Waals surface area contributed by atoms with Crippen molar-refractivity contribution >= 4 is 29.7 Å². The number of carbonyl (C=O) groups is 5. The predicted octanol–water partition coefficient (Wildman–Crippen LogP) is -3.21. The molecule has 4 atom stereocenters. The normalized spacial score (nSPS) is 18.4. The van der Waals surface area contributed by atoms with Gasteiger partial charge in [-0.3, -0.25) is 19.2 Å². The van der Waals surface area contributed by atoms with Crippen LogP contribution in [-0.4, -0.2) is 97.2 Å². The molecule has 0 spiro atoms. The Hall–Kier alpha value is -3.52. The Kier molecular flexibility index (Phi) is 8.66. The lowest BCUT2D eigenvalue weighted by atomic mass is 10.1. The summed E-state index contributed by atoms with van der Waals surface area (Å²) in [5.74, 6) is -5.10. The monoisotopic (exact) mass is 454 g/mol. The summed E-state index contributed by atoms with van der Waals surface area (Å²) in [5, 5.41) is 32.1. The van der Waals surface area contributed by atoms with Crippen LogP contribution in [0.15, 0.2) is 12.5 Å². The molecule has 1 saturated heterocycles. The van der Waals surface area contributed by atoms with E-state index in [1.54, 1.807) is 0 Å². The SMILES string of the molecule is NC(CO)C(=O)NC(CC(=O)O)C(=O)N1CCCC1C(=O)NC(Cc1cnc[nH]1)C(=O)O. The van der Waals surface area contributed by atoms with Crippen molar-refractivity contribution in [2.45, 2.75) is 49.9 Å². The number of nitrogens with zero attached hydrogens (tertiary/aromatic N) is 2. The lowest BCUT2D eigenvalue weighted by Gasteiger charge is -2.29. The topological polar surface area (TPSA) is 228 Å². The van der Waals surface area contributed by atoms with Gasteiger partial charge in [0.05, 0.1) is 19.4 Å². The van der Waals surface area contributed by atoms with Crippen LogP contribution in [0.25, 0.3) is 0 Å². The van der Waals surface area contributed by atoms with Crippen LogP contribution in [0.5, 0.6) is 0 Å². The minimum atomic E-state index is -1.51. The van der Waals surface area contributed by atoms with Crippen molar-refractivity contribution in [3.63, 3.8) is 0 Å². The number of nitrogens with two attached hydrogens (primary N) is 1. The maximum Gasteiger partial charge on any atom is 0.326 e. The first-order chi connectivity index (χ1) is 15.1. The number of imidazole rings is 1. The summed E-state index contributed by atoms with van der Waals surface area (Å²) < 4.78 is 0. The number of aliphatic hydroxyl groups is 1. The zero-order valence-corrected chi connectivity index (χ0v) is 17.1. The summed E-state index contributed by atoms with van der Waals surface area (Å²) in [4.78, 5) is 68.1. The Morgan fingerprint density at radius 3 is 2.50 bits per heavy atom. The summed E-state index contributed by atoms with van der Waals surface area (Å²) in [7, 11) is 0. The molecule has 0 aliphatic carbocycles. The van der Waals surface area contributed by atoms with Gasteiger partial charge < -0.3 is 41.6 Å². The van der Waals surface area contributed by atoms with E-state index in [1.165, 1.54) is 12.5 Å². The average molecular weight is 454 g/mol. The first-order valence-electron chi connectivity index (χ1n) is 9.83. The Balaban J connectivity index is 2.12. The van der Waals surface area contributed by atoms with Gasteiger partial charge in [0.15, 0.2) is 0 Å². The highest BCUT2D eigenvalue weighted by atomic mass is 16.4. The van der Waals surface area contributed by atoms with Crippen molar-refractivity contribution in [3.8, 4) is 0 Å². The second-order valence-corrected chi connectivity index (χ2v) is 7.32. The number of rotatable bonds is 11. The van der Waals surface area contributed by atoms with Crippen LogP contribution in [0.3, 0.4) is 0 Å². The molecular formula is C18H26N6O8. The molecule has 0 radical (unpaired) electrons. The largest absolute Gasteiger partial charge is 0.481 e. The summed E-state index contributed by atoms with van der Waals surface area (Å²) in [6.07, 6.45) is 2.63. The molecular weight excluding hydrogens is 428 g/mol. The van der Waals surface area contributed by atoms with Crippen molar-refractivity contribution in [1.82, 2.24) is 25.5 Å². The number of aliphatic hydroxyl groups excluding tert-OH is 1. The van der Waals surface area contributed by atoms with E-state index in [4.69, 9.17) is 15.9 Å². The Bertz CT molecular complexity index is 845. The van der Waals surface area contributed by atoms with Crippen LogP contribution in [0.2, 0.25) is 0 Å². The lowest BCUT2D eigenvalue weighted by Crippen LogP contribution is -2.57. The van der Waals surface area contributed by atoms with E-state index in [0.717, 1.165) is 4.90 Å². The summed E-state index contributed by atoms with van der Waals surface area (Å²) in [6.45, 7) is -0.589. The Morgan fingerprint density at radius 2 is 1.94 bits per heavy atom. The predicted molar refractivity (Wildman–Crippen MR) is 106 cm³/mol. The van der Waals surface area contributed by atoms with E-state index >= 15 is 0 Å². The van der Waals surface area contributed by atoms with Gasteiger partial charge in [-0.25, -0.2) is 9.78 Å². The van der Waals surface area contributed by atoms with Crippen LogP contribution in [0.4, 0.5) is 0 Å². The zero-order valence-electron chi connectivity index (χ0n) is 17.1. The summed E-state index contributed by atoms with van der Waals surface area (Å²) in [6, 6.07) is -5.18. The van der Waals surface area contributed by atoms with Gasteiger partial charge in [-0.1, -0.05) is 0 Å². The number of carboxylic acid groups (broad SMARTS) is 2. The van der Waals surface area contributed by atoms with Gasteiger partial charge in [-0.2, -0.15) is 0 Å². The second-order valence-electron chi connectivity index (χ2n) is 7.32. The molecule has 0 bridgehead atoms. The number of aliphatic carboxylic acids is 2. The molecule has 14 nitrogen and oxygen atoms in total. The number of hydrogen-bond acceptors (Lipinski definition) is 8. The molecule has 32 heavy (non-hydrogen) atoms. The number of aromatic amines is 1. The first kappa shape index (κ1) is 24.7. The van der Waals surface area contributed by atoms with Gasteiger partial charge >= 0.3 is 11.9 Å². The van der Waals surface area contributed by atoms with E-state index in [0.29, 0.717) is 12.1 Å². The third-order valence-electron chi connectivity index (χ3n) is 4.96. The van der Waals surface area contributed by atoms with Crippen LogP contribution in [0, 0.1) is 0 Å². The third kappa shape index (κ3) is 6.49. The van der Waals surface area contributed by atoms with E-state index in [1.807, 2.05) is 0 Å². The highest BCUT2D eigenvalue weighted by Gasteiger charge is 2.39. The van der Waals surface area contributed by atoms with E-state index in [9.17, 15) is 29.1 Å². The number of nitrogens with one attached hydrogen (secondary N) is 3. The van der Waals surface area contributed by atoms with Gasteiger partial charge in [0.25, 0.3) is 0 Å². The fourth-order valence-corrected chi connectivity index (χ4v) is 3.32. The number of carboxylic acids is 2. The van der Waals surface area contributed by atoms with E-state index < -0.39 is 66.9 Å². The van der Waals surface area contributed by atoms with Crippen LogP contribution in [-0.2, 0) is 30.4 Å². The fraction of sp³-hybridized carbons (Fsp3) is 0.556. The van der Waals surface area contributed by atoms with Gasteiger partial charge in [0.2, 0.25) is 17.7 Å². The van der Waals surface area contributed by atoms with Crippen LogP contribution in [0.1, 0.15) is 25.0 Å². The number of H-pyrrole nitrogens is 1. The molecule has 176 valence electrons. The average Bonchev–Trinajstić information content (AvgIpc) is 3.43. The van der Waals surface area contributed by atoms with Crippen molar-refractivity contribution in [1.29, 1.82) is 0 Å². The molecule has 0 saturated carbocycles. The van der Waals surface area contributed by atoms with Crippen LogP contribution < -0.4 is 16.4 Å². The van der Waals surface area contributed by atoms with Gasteiger partial charge in [-0.15, -0.1) is 0 Å². The molecule has 0 aromatic carbocycles. The fourth-order valence-electron chi connectivity index (χ4n) is 3.32. The molecule has 1 fully saturated rings. The molecule has 4 unspecified atom stereocenters. The van der Waals surface area contributed by atoms with Crippen molar-refractivity contribution in [2.75, 3.05) is 13.2 Å². The molecule has 2 rings (SSSR count). The van der Waals surface area contributed by atoms with Crippen molar-refractivity contribution < 1.29 is 39.3 Å². The molecule has 2 heterocycles.